The first-order valence-corrected chi connectivity index (χ1v) is 6.52. The summed E-state index contributed by atoms with van der Waals surface area (Å²) in [7, 11) is 0. The zero-order valence-electron chi connectivity index (χ0n) is 10.3. The lowest BCUT2D eigenvalue weighted by atomic mass is 10.2. The van der Waals surface area contributed by atoms with E-state index in [2.05, 4.69) is 27.1 Å². The van der Waals surface area contributed by atoms with Gasteiger partial charge in [-0.1, -0.05) is 23.2 Å². The fourth-order valence-electron chi connectivity index (χ4n) is 1.34. The third-order valence-corrected chi connectivity index (χ3v) is 3.05. The van der Waals surface area contributed by atoms with Crippen molar-refractivity contribution < 1.29 is 15.0 Å². The molecule has 0 saturated carbocycles. The molecule has 0 bridgehead atoms. The van der Waals surface area contributed by atoms with Crippen molar-refractivity contribution in [3.05, 3.63) is 35.1 Å². The van der Waals surface area contributed by atoms with Crippen LogP contribution in [0.25, 0.3) is 0 Å². The van der Waals surface area contributed by atoms with Gasteiger partial charge < -0.3 is 10.2 Å². The fraction of sp³-hybridized carbons (Fsp3) is 0.154. The smallest absolute Gasteiger partial charge is 0.261 e. The van der Waals surface area contributed by atoms with Gasteiger partial charge in [0.25, 0.3) is 5.91 Å². The second-order valence-corrected chi connectivity index (χ2v) is 4.68. The number of hydrogen-bond donors (Lipinski definition) is 3. The summed E-state index contributed by atoms with van der Waals surface area (Å²) in [5, 5.41) is 21.1. The number of carbonyl (C=O) groups excluding carboxylic acids is 1. The van der Waals surface area contributed by atoms with Crippen molar-refractivity contribution in [2.45, 2.75) is 6.42 Å². The van der Waals surface area contributed by atoms with E-state index in [0.29, 0.717) is 16.4 Å². The molecule has 0 unspecified atom stereocenters. The van der Waals surface area contributed by atoms with Crippen LogP contribution in [-0.2, 0) is 0 Å². The lowest BCUT2D eigenvalue weighted by Gasteiger charge is -2.02. The number of nitrogens with zero attached hydrogens (tertiary/aromatic N) is 2. The topological polar surface area (TPSA) is 95.3 Å². The maximum absolute atomic E-state index is 11.9. The number of aliphatic hydroxyl groups excluding tert-OH is 1. The van der Waals surface area contributed by atoms with Gasteiger partial charge in [0.05, 0.1) is 29.4 Å². The summed E-state index contributed by atoms with van der Waals surface area (Å²) in [5.41, 5.74) is 0.128. The molecule has 2 rings (SSSR count). The van der Waals surface area contributed by atoms with Crippen molar-refractivity contribution in [3.63, 3.8) is 0 Å². The van der Waals surface area contributed by atoms with Gasteiger partial charge in [-0.15, -0.1) is 0 Å². The molecule has 7 heteroatoms. The van der Waals surface area contributed by atoms with Gasteiger partial charge in [-0.25, -0.2) is 4.98 Å². The van der Waals surface area contributed by atoms with Crippen molar-refractivity contribution in [1.82, 2.24) is 9.97 Å². The van der Waals surface area contributed by atoms with E-state index in [9.17, 15) is 9.90 Å². The fourth-order valence-corrected chi connectivity index (χ4v) is 2.02. The van der Waals surface area contributed by atoms with Crippen LogP contribution in [0.3, 0.4) is 0 Å². The minimum Gasteiger partial charge on any atom is -0.505 e. The van der Waals surface area contributed by atoms with Crippen molar-refractivity contribution >= 4 is 22.4 Å². The third kappa shape index (κ3) is 3.54. The second-order valence-electron chi connectivity index (χ2n) is 3.65. The van der Waals surface area contributed by atoms with E-state index >= 15 is 0 Å². The number of aliphatic hydroxyl groups is 1. The minimum absolute atomic E-state index is 0.0106. The standard InChI is InChI=1S/C13H11N3O3S/c17-6-2-1-3-9-7-15-13(20-9)16-12(19)10-4-5-14-8-11(10)18/h4-5,7-8,17-18H,2,6H2,(H,15,16,19). The molecule has 20 heavy (non-hydrogen) atoms. The first-order chi connectivity index (χ1) is 9.70. The van der Waals surface area contributed by atoms with Gasteiger partial charge in [0.1, 0.15) is 5.75 Å². The Morgan fingerprint density at radius 1 is 1.45 bits per heavy atom. The molecule has 0 saturated heterocycles. The Bertz CT molecular complexity index is 673. The number of carbonyl (C=O) groups is 1. The molecular weight excluding hydrogens is 278 g/mol. The average molecular weight is 289 g/mol. The molecule has 2 aromatic heterocycles. The van der Waals surface area contributed by atoms with Crippen molar-refractivity contribution in [2.75, 3.05) is 11.9 Å². The second kappa shape index (κ2) is 6.65. The van der Waals surface area contributed by atoms with Crippen LogP contribution in [0.4, 0.5) is 5.13 Å². The number of aromatic nitrogens is 2. The summed E-state index contributed by atoms with van der Waals surface area (Å²) >= 11 is 1.22. The third-order valence-electron chi connectivity index (χ3n) is 2.22. The molecule has 0 aromatic carbocycles. The normalized spacial score (nSPS) is 9.65. The van der Waals surface area contributed by atoms with Crippen molar-refractivity contribution in [1.29, 1.82) is 0 Å². The van der Waals surface area contributed by atoms with Gasteiger partial charge >= 0.3 is 0 Å². The van der Waals surface area contributed by atoms with E-state index in [1.807, 2.05) is 0 Å². The van der Waals surface area contributed by atoms with E-state index in [4.69, 9.17) is 5.11 Å². The van der Waals surface area contributed by atoms with Crippen LogP contribution in [0.2, 0.25) is 0 Å². The van der Waals surface area contributed by atoms with Crippen LogP contribution in [-0.4, -0.2) is 32.7 Å². The van der Waals surface area contributed by atoms with E-state index in [0.717, 1.165) is 0 Å². The number of anilines is 1. The summed E-state index contributed by atoms with van der Waals surface area (Å²) < 4.78 is 0. The highest BCUT2D eigenvalue weighted by Gasteiger charge is 2.12. The zero-order valence-corrected chi connectivity index (χ0v) is 11.1. The number of pyridine rings is 1. The van der Waals surface area contributed by atoms with E-state index in [-0.39, 0.29) is 17.9 Å². The number of amides is 1. The SMILES string of the molecule is O=C(Nc1ncc(C#CCCO)s1)c1ccncc1O. The van der Waals surface area contributed by atoms with Gasteiger partial charge in [0.15, 0.2) is 5.13 Å². The monoisotopic (exact) mass is 289 g/mol. The number of nitrogens with one attached hydrogen (secondary N) is 1. The molecule has 0 aliphatic rings. The Kier molecular flexibility index (Phi) is 4.65. The van der Waals surface area contributed by atoms with Gasteiger partial charge in [0.2, 0.25) is 0 Å². The molecule has 0 atom stereocenters. The van der Waals surface area contributed by atoms with E-state index in [1.165, 1.54) is 36.0 Å². The Labute approximate surface area is 119 Å². The number of thiazole rings is 1. The van der Waals surface area contributed by atoms with E-state index in [1.54, 1.807) is 0 Å². The highest BCUT2D eigenvalue weighted by atomic mass is 32.1. The van der Waals surface area contributed by atoms with Crippen LogP contribution in [0, 0.1) is 11.8 Å². The van der Waals surface area contributed by atoms with Crippen LogP contribution in [0.15, 0.2) is 24.7 Å². The Morgan fingerprint density at radius 2 is 2.30 bits per heavy atom. The summed E-state index contributed by atoms with van der Waals surface area (Å²) in [4.78, 5) is 20.3. The molecular formula is C13H11N3O3S. The lowest BCUT2D eigenvalue weighted by Crippen LogP contribution is -2.11. The summed E-state index contributed by atoms with van der Waals surface area (Å²) in [5.74, 6) is 4.94. The van der Waals surface area contributed by atoms with Crippen LogP contribution in [0.5, 0.6) is 5.75 Å². The molecule has 0 aliphatic heterocycles. The first-order valence-electron chi connectivity index (χ1n) is 5.70. The maximum Gasteiger partial charge on any atom is 0.261 e. The summed E-state index contributed by atoms with van der Waals surface area (Å²) in [6, 6.07) is 1.42. The molecule has 1 amide bonds. The largest absolute Gasteiger partial charge is 0.505 e. The number of hydrogen-bond acceptors (Lipinski definition) is 6. The first kappa shape index (κ1) is 14.0. The Hall–Kier alpha value is -2.43. The Balaban J connectivity index is 2.06. The number of aromatic hydroxyl groups is 1. The van der Waals surface area contributed by atoms with Crippen LogP contribution < -0.4 is 5.32 Å². The lowest BCUT2D eigenvalue weighted by molar-refractivity contribution is 0.102. The predicted octanol–water partition coefficient (Wildman–Crippen LogP) is 1.23. The summed E-state index contributed by atoms with van der Waals surface area (Å²) in [6.07, 6.45) is 4.55. The molecule has 2 aromatic rings. The highest BCUT2D eigenvalue weighted by molar-refractivity contribution is 7.16. The maximum atomic E-state index is 11.9. The molecule has 3 N–H and O–H groups in total. The van der Waals surface area contributed by atoms with Crippen molar-refractivity contribution in [2.24, 2.45) is 0 Å². The molecule has 6 nitrogen and oxygen atoms in total. The minimum atomic E-state index is -0.464. The molecule has 0 fully saturated rings. The molecule has 0 aliphatic carbocycles. The Morgan fingerprint density at radius 3 is 3.05 bits per heavy atom. The molecule has 0 radical (unpaired) electrons. The number of rotatable bonds is 3. The quantitative estimate of drug-likeness (QED) is 0.739. The van der Waals surface area contributed by atoms with Crippen LogP contribution in [0.1, 0.15) is 21.7 Å². The average Bonchev–Trinajstić information content (AvgIpc) is 2.87. The zero-order chi connectivity index (χ0) is 14.4. The summed E-state index contributed by atoms with van der Waals surface area (Å²) in [6.45, 7) is 0.0106. The van der Waals surface area contributed by atoms with Gasteiger partial charge in [-0.3, -0.25) is 15.1 Å². The highest BCUT2D eigenvalue weighted by Crippen LogP contribution is 2.20. The van der Waals surface area contributed by atoms with Crippen molar-refractivity contribution in [3.8, 4) is 17.6 Å². The predicted molar refractivity (Wildman–Crippen MR) is 74.5 cm³/mol. The van der Waals surface area contributed by atoms with Gasteiger partial charge in [-0.05, 0) is 6.07 Å². The molecule has 0 spiro atoms. The van der Waals surface area contributed by atoms with E-state index < -0.39 is 5.91 Å². The molecule has 102 valence electrons. The molecule has 2 heterocycles. The van der Waals surface area contributed by atoms with Gasteiger partial charge in [0, 0.05) is 12.6 Å². The van der Waals surface area contributed by atoms with Crippen LogP contribution >= 0.6 is 11.3 Å². The van der Waals surface area contributed by atoms with Gasteiger partial charge in [-0.2, -0.15) is 0 Å².